The maximum atomic E-state index is 13.2. The van der Waals surface area contributed by atoms with Crippen molar-refractivity contribution in [1.29, 1.82) is 0 Å². The summed E-state index contributed by atoms with van der Waals surface area (Å²) in [5.74, 6) is -1.80. The van der Waals surface area contributed by atoms with E-state index in [-0.39, 0.29) is 11.8 Å². The van der Waals surface area contributed by atoms with Crippen molar-refractivity contribution in [2.75, 3.05) is 7.11 Å². The quantitative estimate of drug-likeness (QED) is 0.749. The molecule has 0 fully saturated rings. The van der Waals surface area contributed by atoms with E-state index < -0.39 is 11.6 Å². The number of nitrogens with two attached hydrogens (primary N) is 1. The first-order chi connectivity index (χ1) is 6.65. The fourth-order valence-electron chi connectivity index (χ4n) is 1.92. The van der Waals surface area contributed by atoms with Crippen LogP contribution in [0.2, 0.25) is 0 Å². The molecule has 1 atom stereocenters. The molecule has 0 aliphatic heterocycles. The Morgan fingerprint density at radius 2 is 2.21 bits per heavy atom. The molecule has 4 heteroatoms. The molecule has 1 aromatic carbocycles. The molecule has 1 aliphatic carbocycles. The summed E-state index contributed by atoms with van der Waals surface area (Å²) in [6, 6.07) is 0.971. The molecule has 0 bridgehead atoms. The zero-order chi connectivity index (χ0) is 10.3. The van der Waals surface area contributed by atoms with Crippen LogP contribution in [0.3, 0.4) is 0 Å². The zero-order valence-electron chi connectivity index (χ0n) is 7.81. The maximum Gasteiger partial charge on any atom is 0.200 e. The summed E-state index contributed by atoms with van der Waals surface area (Å²) in [5.41, 5.74) is 7.12. The molecule has 14 heavy (non-hydrogen) atoms. The van der Waals surface area contributed by atoms with Crippen LogP contribution in [0.4, 0.5) is 8.78 Å². The van der Waals surface area contributed by atoms with Gasteiger partial charge in [-0.25, -0.2) is 4.39 Å². The maximum absolute atomic E-state index is 13.2. The highest BCUT2D eigenvalue weighted by molar-refractivity contribution is 5.46. The molecule has 0 heterocycles. The SMILES string of the molecule is COc1c(F)c(F)cc2c1CC[C@H]2N. The number of benzene rings is 1. The second-order valence-electron chi connectivity index (χ2n) is 3.42. The second-order valence-corrected chi connectivity index (χ2v) is 3.42. The lowest BCUT2D eigenvalue weighted by Gasteiger charge is -2.10. The van der Waals surface area contributed by atoms with E-state index in [4.69, 9.17) is 10.5 Å². The minimum atomic E-state index is -0.916. The van der Waals surface area contributed by atoms with Gasteiger partial charge in [-0.15, -0.1) is 0 Å². The van der Waals surface area contributed by atoms with E-state index in [1.807, 2.05) is 0 Å². The molecule has 0 radical (unpaired) electrons. The van der Waals surface area contributed by atoms with Crippen LogP contribution in [-0.2, 0) is 6.42 Å². The molecule has 0 spiro atoms. The molecule has 0 saturated heterocycles. The predicted molar refractivity (Wildman–Crippen MR) is 48.2 cm³/mol. The van der Waals surface area contributed by atoms with Gasteiger partial charge in [0.2, 0.25) is 5.82 Å². The topological polar surface area (TPSA) is 35.2 Å². The van der Waals surface area contributed by atoms with Crippen LogP contribution < -0.4 is 10.5 Å². The molecule has 2 N–H and O–H groups in total. The monoisotopic (exact) mass is 199 g/mol. The number of hydrogen-bond acceptors (Lipinski definition) is 2. The average Bonchev–Trinajstić information content (AvgIpc) is 2.51. The van der Waals surface area contributed by atoms with Gasteiger partial charge in [0.05, 0.1) is 7.11 Å². The van der Waals surface area contributed by atoms with E-state index in [0.717, 1.165) is 0 Å². The summed E-state index contributed by atoms with van der Waals surface area (Å²) in [6.07, 6.45) is 1.37. The number of rotatable bonds is 1. The molecule has 76 valence electrons. The number of hydrogen-bond donors (Lipinski definition) is 1. The Hall–Kier alpha value is -1.16. The minimum absolute atomic E-state index is 0.00736. The molecular formula is C10H11F2NO. The van der Waals surface area contributed by atoms with Crippen molar-refractivity contribution < 1.29 is 13.5 Å². The van der Waals surface area contributed by atoms with Crippen LogP contribution in [0, 0.1) is 11.6 Å². The van der Waals surface area contributed by atoms with Crippen LogP contribution >= 0.6 is 0 Å². The Balaban J connectivity index is 2.65. The Kier molecular flexibility index (Phi) is 2.15. The highest BCUT2D eigenvalue weighted by Gasteiger charge is 2.27. The fraction of sp³-hybridized carbons (Fsp3) is 0.400. The Bertz CT molecular complexity index is 379. The molecule has 2 rings (SSSR count). The third kappa shape index (κ3) is 1.18. The molecule has 0 amide bonds. The lowest BCUT2D eigenvalue weighted by molar-refractivity contribution is 0.367. The summed E-state index contributed by atoms with van der Waals surface area (Å²) in [7, 11) is 1.34. The standard InChI is InChI=1S/C10H11F2NO/c1-14-10-5-2-3-8(13)6(5)4-7(11)9(10)12/h4,8H,2-3,13H2,1H3/t8-/m1/s1. The van der Waals surface area contributed by atoms with Crippen molar-refractivity contribution in [3.05, 3.63) is 28.8 Å². The Labute approximate surface area is 80.7 Å². The van der Waals surface area contributed by atoms with Gasteiger partial charge in [0, 0.05) is 11.6 Å². The molecular weight excluding hydrogens is 188 g/mol. The van der Waals surface area contributed by atoms with Gasteiger partial charge in [0.15, 0.2) is 11.6 Å². The number of methoxy groups -OCH3 is 1. The normalized spacial score (nSPS) is 19.6. The van der Waals surface area contributed by atoms with E-state index >= 15 is 0 Å². The van der Waals surface area contributed by atoms with Gasteiger partial charge in [-0.1, -0.05) is 0 Å². The summed E-state index contributed by atoms with van der Waals surface area (Å²) in [5, 5.41) is 0. The molecule has 0 unspecified atom stereocenters. The predicted octanol–water partition coefficient (Wildman–Crippen LogP) is 1.92. The third-order valence-electron chi connectivity index (χ3n) is 2.62. The lowest BCUT2D eigenvalue weighted by atomic mass is 10.1. The third-order valence-corrected chi connectivity index (χ3v) is 2.62. The first-order valence-electron chi connectivity index (χ1n) is 4.45. The zero-order valence-corrected chi connectivity index (χ0v) is 7.81. The van der Waals surface area contributed by atoms with Gasteiger partial charge in [-0.05, 0) is 24.5 Å². The van der Waals surface area contributed by atoms with Gasteiger partial charge < -0.3 is 10.5 Å². The van der Waals surface area contributed by atoms with E-state index in [1.54, 1.807) is 0 Å². The average molecular weight is 199 g/mol. The van der Waals surface area contributed by atoms with Crippen molar-refractivity contribution in [2.24, 2.45) is 5.73 Å². The molecule has 0 saturated carbocycles. The largest absolute Gasteiger partial charge is 0.493 e. The van der Waals surface area contributed by atoms with E-state index in [0.29, 0.717) is 24.0 Å². The Morgan fingerprint density at radius 1 is 1.50 bits per heavy atom. The molecule has 2 nitrogen and oxygen atoms in total. The van der Waals surface area contributed by atoms with E-state index in [9.17, 15) is 8.78 Å². The first-order valence-corrected chi connectivity index (χ1v) is 4.45. The lowest BCUT2D eigenvalue weighted by Crippen LogP contribution is -2.06. The van der Waals surface area contributed by atoms with Crippen LogP contribution in [0.5, 0.6) is 5.75 Å². The van der Waals surface area contributed by atoms with Crippen LogP contribution in [0.1, 0.15) is 23.6 Å². The fourth-order valence-corrected chi connectivity index (χ4v) is 1.92. The Morgan fingerprint density at radius 3 is 2.86 bits per heavy atom. The summed E-state index contributed by atoms with van der Waals surface area (Å²) < 4.78 is 31.2. The van der Waals surface area contributed by atoms with Crippen LogP contribution in [-0.4, -0.2) is 7.11 Å². The van der Waals surface area contributed by atoms with Crippen LogP contribution in [0.25, 0.3) is 0 Å². The molecule has 0 aromatic heterocycles. The van der Waals surface area contributed by atoms with E-state index in [1.165, 1.54) is 13.2 Å². The van der Waals surface area contributed by atoms with Gasteiger partial charge >= 0.3 is 0 Å². The molecule has 1 aromatic rings. The highest BCUT2D eigenvalue weighted by Crippen LogP contribution is 2.38. The summed E-state index contributed by atoms with van der Waals surface area (Å²) >= 11 is 0. The number of ether oxygens (including phenoxy) is 1. The van der Waals surface area contributed by atoms with Crippen molar-refractivity contribution in [1.82, 2.24) is 0 Å². The summed E-state index contributed by atoms with van der Waals surface area (Å²) in [4.78, 5) is 0. The second kappa shape index (κ2) is 3.20. The van der Waals surface area contributed by atoms with Crippen molar-refractivity contribution in [3.63, 3.8) is 0 Å². The van der Waals surface area contributed by atoms with Gasteiger partial charge in [-0.2, -0.15) is 4.39 Å². The molecule has 1 aliphatic rings. The summed E-state index contributed by atoms with van der Waals surface area (Å²) in [6.45, 7) is 0. The van der Waals surface area contributed by atoms with Crippen molar-refractivity contribution >= 4 is 0 Å². The smallest absolute Gasteiger partial charge is 0.200 e. The van der Waals surface area contributed by atoms with Gasteiger partial charge in [0.1, 0.15) is 0 Å². The van der Waals surface area contributed by atoms with Gasteiger partial charge in [0.25, 0.3) is 0 Å². The number of halogens is 2. The van der Waals surface area contributed by atoms with Gasteiger partial charge in [-0.3, -0.25) is 0 Å². The first kappa shape index (κ1) is 9.40. The van der Waals surface area contributed by atoms with Crippen molar-refractivity contribution in [2.45, 2.75) is 18.9 Å². The highest BCUT2D eigenvalue weighted by atomic mass is 19.2. The minimum Gasteiger partial charge on any atom is -0.493 e. The van der Waals surface area contributed by atoms with E-state index in [2.05, 4.69) is 0 Å². The van der Waals surface area contributed by atoms with Crippen molar-refractivity contribution in [3.8, 4) is 5.75 Å². The van der Waals surface area contributed by atoms with Crippen LogP contribution in [0.15, 0.2) is 6.07 Å². The number of fused-ring (bicyclic) bond motifs is 1.